The maximum atomic E-state index is 11.3. The lowest BCUT2D eigenvalue weighted by molar-refractivity contribution is -0.143. The lowest BCUT2D eigenvalue weighted by atomic mass is 9.92. The molecule has 0 spiro atoms. The number of likely N-dealkylation sites (tertiary alicyclic amines) is 1. The number of carboxylic acid groups (broad SMARTS) is 1. The number of aromatic nitrogens is 1. The van der Waals surface area contributed by atoms with E-state index in [1.165, 1.54) is 0 Å². The van der Waals surface area contributed by atoms with Crippen molar-refractivity contribution in [2.45, 2.75) is 25.8 Å². The van der Waals surface area contributed by atoms with E-state index in [0.717, 1.165) is 35.7 Å². The Morgan fingerprint density at radius 1 is 1.24 bits per heavy atom. The van der Waals surface area contributed by atoms with Gasteiger partial charge in [-0.25, -0.2) is 0 Å². The molecule has 5 heteroatoms. The molecule has 3 rings (SSSR count). The van der Waals surface area contributed by atoms with Gasteiger partial charge in [0, 0.05) is 11.8 Å². The van der Waals surface area contributed by atoms with E-state index in [-0.39, 0.29) is 12.0 Å². The Kier molecular flexibility index (Phi) is 5.34. The highest BCUT2D eigenvalue weighted by atomic mass is 16.5. The molecule has 1 aromatic carbocycles. The summed E-state index contributed by atoms with van der Waals surface area (Å²) < 4.78 is 5.57. The van der Waals surface area contributed by atoms with Crippen LogP contribution in [0.1, 0.15) is 35.7 Å². The summed E-state index contributed by atoms with van der Waals surface area (Å²) in [7, 11) is 1.68. The number of piperidine rings is 1. The van der Waals surface area contributed by atoms with Crippen LogP contribution in [-0.4, -0.2) is 41.2 Å². The van der Waals surface area contributed by atoms with Gasteiger partial charge in [0.1, 0.15) is 5.75 Å². The molecule has 0 bridgehead atoms. The Morgan fingerprint density at radius 2 is 1.96 bits per heavy atom. The number of rotatable bonds is 5. The monoisotopic (exact) mass is 340 g/mol. The summed E-state index contributed by atoms with van der Waals surface area (Å²) in [6.07, 6.45) is 3.20. The average Bonchev–Trinajstić information content (AvgIpc) is 2.64. The molecule has 1 aliphatic rings. The summed E-state index contributed by atoms with van der Waals surface area (Å²) in [6, 6.07) is 12.1. The van der Waals surface area contributed by atoms with Gasteiger partial charge in [-0.15, -0.1) is 0 Å². The summed E-state index contributed by atoms with van der Waals surface area (Å²) >= 11 is 0. The van der Waals surface area contributed by atoms with Crippen LogP contribution in [0.3, 0.4) is 0 Å². The van der Waals surface area contributed by atoms with Crippen molar-refractivity contribution in [1.29, 1.82) is 0 Å². The van der Waals surface area contributed by atoms with Crippen molar-refractivity contribution in [1.82, 2.24) is 9.88 Å². The molecule has 5 nitrogen and oxygen atoms in total. The van der Waals surface area contributed by atoms with Crippen LogP contribution < -0.4 is 4.74 Å². The standard InChI is InChI=1S/C20H24N2O3/c1-14-7-8-17(21-13-14)19(16-5-3-4-6-18(16)25-2)22-11-9-15(10-12-22)20(23)24/h3-8,13,15,19H,9-12H2,1-2H3,(H,23,24). The zero-order valence-corrected chi connectivity index (χ0v) is 14.7. The number of benzene rings is 1. The van der Waals surface area contributed by atoms with E-state index in [2.05, 4.69) is 28.1 Å². The van der Waals surface area contributed by atoms with Gasteiger partial charge in [0.2, 0.25) is 0 Å². The minimum atomic E-state index is -0.693. The molecule has 1 atom stereocenters. The smallest absolute Gasteiger partial charge is 0.306 e. The van der Waals surface area contributed by atoms with Gasteiger partial charge in [-0.1, -0.05) is 24.3 Å². The summed E-state index contributed by atoms with van der Waals surface area (Å²) in [4.78, 5) is 18.2. The second-order valence-corrected chi connectivity index (χ2v) is 6.55. The molecule has 1 aliphatic heterocycles. The summed E-state index contributed by atoms with van der Waals surface area (Å²) in [5.41, 5.74) is 3.14. The van der Waals surface area contributed by atoms with Gasteiger partial charge < -0.3 is 9.84 Å². The molecular weight excluding hydrogens is 316 g/mol. The average molecular weight is 340 g/mol. The number of aryl methyl sites for hydroxylation is 1. The van der Waals surface area contributed by atoms with Crippen molar-refractivity contribution in [3.63, 3.8) is 0 Å². The third kappa shape index (κ3) is 3.82. The van der Waals surface area contributed by atoms with Gasteiger partial charge >= 0.3 is 5.97 Å². The fourth-order valence-electron chi connectivity index (χ4n) is 3.48. The summed E-state index contributed by atoms with van der Waals surface area (Å²) in [5.74, 6) is -0.113. The highest BCUT2D eigenvalue weighted by Gasteiger charge is 2.32. The van der Waals surface area contributed by atoms with Crippen molar-refractivity contribution in [2.24, 2.45) is 5.92 Å². The number of hydrogen-bond donors (Lipinski definition) is 1. The molecule has 0 saturated carbocycles. The fourth-order valence-corrected chi connectivity index (χ4v) is 3.48. The zero-order chi connectivity index (χ0) is 17.8. The van der Waals surface area contributed by atoms with Crippen molar-refractivity contribution in [3.8, 4) is 5.75 Å². The van der Waals surface area contributed by atoms with Crippen LogP contribution in [0.2, 0.25) is 0 Å². The molecule has 1 fully saturated rings. The summed E-state index contributed by atoms with van der Waals surface area (Å²) in [5, 5.41) is 9.26. The van der Waals surface area contributed by atoms with Crippen LogP contribution in [0.4, 0.5) is 0 Å². The number of methoxy groups -OCH3 is 1. The van der Waals surface area contributed by atoms with Crippen LogP contribution in [0.25, 0.3) is 0 Å². The lowest BCUT2D eigenvalue weighted by Gasteiger charge is -2.37. The van der Waals surface area contributed by atoms with Crippen molar-refractivity contribution in [3.05, 3.63) is 59.4 Å². The van der Waals surface area contributed by atoms with Crippen LogP contribution in [0.15, 0.2) is 42.6 Å². The molecule has 1 unspecified atom stereocenters. The van der Waals surface area contributed by atoms with E-state index in [1.807, 2.05) is 31.3 Å². The van der Waals surface area contributed by atoms with E-state index >= 15 is 0 Å². The number of hydrogen-bond acceptors (Lipinski definition) is 4. The SMILES string of the molecule is COc1ccccc1C(c1ccc(C)cn1)N1CCC(C(=O)O)CC1. The first-order valence-corrected chi connectivity index (χ1v) is 8.62. The Morgan fingerprint density at radius 3 is 2.56 bits per heavy atom. The molecule has 0 aliphatic carbocycles. The predicted octanol–water partition coefficient (Wildman–Crippen LogP) is 3.28. The third-order valence-corrected chi connectivity index (χ3v) is 4.89. The minimum absolute atomic E-state index is 0.0357. The number of carboxylic acids is 1. The molecular formula is C20H24N2O3. The topological polar surface area (TPSA) is 62.7 Å². The van der Waals surface area contributed by atoms with Gasteiger partial charge in [-0.3, -0.25) is 14.7 Å². The Labute approximate surface area is 148 Å². The lowest BCUT2D eigenvalue weighted by Crippen LogP contribution is -2.39. The van der Waals surface area contributed by atoms with E-state index in [9.17, 15) is 9.90 Å². The molecule has 25 heavy (non-hydrogen) atoms. The number of pyridine rings is 1. The minimum Gasteiger partial charge on any atom is -0.496 e. The largest absolute Gasteiger partial charge is 0.496 e. The zero-order valence-electron chi connectivity index (χ0n) is 14.7. The van der Waals surface area contributed by atoms with E-state index in [1.54, 1.807) is 7.11 Å². The Hall–Kier alpha value is -2.40. The van der Waals surface area contributed by atoms with Crippen molar-refractivity contribution in [2.75, 3.05) is 20.2 Å². The van der Waals surface area contributed by atoms with Crippen LogP contribution in [-0.2, 0) is 4.79 Å². The first-order chi connectivity index (χ1) is 12.1. The molecule has 0 radical (unpaired) electrons. The number of nitrogens with zero attached hydrogens (tertiary/aromatic N) is 2. The molecule has 1 aromatic heterocycles. The van der Waals surface area contributed by atoms with Gasteiger partial charge in [0.15, 0.2) is 0 Å². The molecule has 2 aromatic rings. The molecule has 132 valence electrons. The maximum absolute atomic E-state index is 11.3. The molecule has 2 heterocycles. The van der Waals surface area contributed by atoms with E-state index < -0.39 is 5.97 Å². The van der Waals surface area contributed by atoms with Gasteiger partial charge in [-0.2, -0.15) is 0 Å². The Bertz CT molecular complexity index is 722. The third-order valence-electron chi connectivity index (χ3n) is 4.89. The predicted molar refractivity (Wildman–Crippen MR) is 95.7 cm³/mol. The molecule has 1 saturated heterocycles. The second kappa shape index (κ2) is 7.66. The first kappa shape index (κ1) is 17.4. The molecule has 1 N–H and O–H groups in total. The number of ether oxygens (including phenoxy) is 1. The number of para-hydroxylation sites is 1. The van der Waals surface area contributed by atoms with E-state index in [0.29, 0.717) is 12.8 Å². The number of aliphatic carboxylic acids is 1. The normalized spacial score (nSPS) is 17.2. The molecule has 0 amide bonds. The van der Waals surface area contributed by atoms with Crippen LogP contribution in [0.5, 0.6) is 5.75 Å². The number of carbonyl (C=O) groups is 1. The quantitative estimate of drug-likeness (QED) is 0.905. The van der Waals surface area contributed by atoms with Crippen molar-refractivity contribution >= 4 is 5.97 Å². The second-order valence-electron chi connectivity index (χ2n) is 6.55. The Balaban J connectivity index is 1.95. The fraction of sp³-hybridized carbons (Fsp3) is 0.400. The van der Waals surface area contributed by atoms with Gasteiger partial charge in [0.05, 0.1) is 24.8 Å². The van der Waals surface area contributed by atoms with E-state index in [4.69, 9.17) is 4.74 Å². The highest BCUT2D eigenvalue weighted by molar-refractivity contribution is 5.70. The highest BCUT2D eigenvalue weighted by Crippen LogP contribution is 2.36. The maximum Gasteiger partial charge on any atom is 0.306 e. The summed E-state index contributed by atoms with van der Waals surface area (Å²) in [6.45, 7) is 3.48. The van der Waals surface area contributed by atoms with Crippen molar-refractivity contribution < 1.29 is 14.6 Å². The van der Waals surface area contributed by atoms with Crippen LogP contribution >= 0.6 is 0 Å². The van der Waals surface area contributed by atoms with Crippen LogP contribution in [0, 0.1) is 12.8 Å². The first-order valence-electron chi connectivity index (χ1n) is 8.62. The van der Waals surface area contributed by atoms with Gasteiger partial charge in [0.25, 0.3) is 0 Å². The van der Waals surface area contributed by atoms with Gasteiger partial charge in [-0.05, 0) is 50.6 Å².